The van der Waals surface area contributed by atoms with Crippen LogP contribution in [0.3, 0.4) is 0 Å². The zero-order valence-corrected chi connectivity index (χ0v) is 15.7. The number of hydrogen-bond donors (Lipinski definition) is 1. The van der Waals surface area contributed by atoms with E-state index >= 15 is 0 Å². The number of nitro benzene ring substituents is 1. The predicted molar refractivity (Wildman–Crippen MR) is 107 cm³/mol. The molecule has 0 aliphatic carbocycles. The number of aromatic nitrogens is 2. The molecule has 0 unspecified atom stereocenters. The summed E-state index contributed by atoms with van der Waals surface area (Å²) in [5.74, 6) is 0.181. The first-order chi connectivity index (χ1) is 14.4. The van der Waals surface area contributed by atoms with E-state index in [0.717, 1.165) is 0 Å². The third-order valence-electron chi connectivity index (χ3n) is 4.32. The molecule has 2 aromatic carbocycles. The molecule has 0 radical (unpaired) electrons. The first-order valence-electron chi connectivity index (χ1n) is 8.89. The molecule has 0 aliphatic rings. The number of hydrogen-bond acceptors (Lipinski definition) is 5. The average molecular weight is 406 g/mol. The molecule has 8 nitrogen and oxygen atoms in total. The van der Waals surface area contributed by atoms with Crippen LogP contribution in [-0.2, 0) is 0 Å². The van der Waals surface area contributed by atoms with Gasteiger partial charge in [0.1, 0.15) is 23.0 Å². The lowest BCUT2D eigenvalue weighted by molar-refractivity contribution is -0.384. The fraction of sp³-hybridized carbons (Fsp3) is 0.0476. The van der Waals surface area contributed by atoms with Gasteiger partial charge in [0.2, 0.25) is 0 Å². The Morgan fingerprint density at radius 2 is 1.90 bits per heavy atom. The van der Waals surface area contributed by atoms with E-state index < -0.39 is 16.6 Å². The molecule has 0 saturated heterocycles. The summed E-state index contributed by atoms with van der Waals surface area (Å²) >= 11 is 0. The quantitative estimate of drug-likeness (QED) is 0.381. The first kappa shape index (κ1) is 19.1. The van der Waals surface area contributed by atoms with Gasteiger partial charge in [0, 0.05) is 23.9 Å². The number of non-ortho nitro benzene ring substituents is 1. The van der Waals surface area contributed by atoms with E-state index in [-0.39, 0.29) is 11.4 Å². The molecule has 0 saturated carbocycles. The standard InChI is InChI=1S/C21H15FN4O4/c1-13-5-10-20(30-13)18-12-19(21(27)23-15-8-6-14(22)7-9-15)25(24-18)16-3-2-4-17(11-16)26(28)29/h2-12H,1H3,(H,23,27). The van der Waals surface area contributed by atoms with Gasteiger partial charge in [-0.1, -0.05) is 6.07 Å². The summed E-state index contributed by atoms with van der Waals surface area (Å²) in [4.78, 5) is 23.6. The minimum Gasteiger partial charge on any atom is -0.460 e. The highest BCUT2D eigenvalue weighted by molar-refractivity contribution is 6.04. The van der Waals surface area contributed by atoms with Gasteiger partial charge in [-0.25, -0.2) is 9.07 Å². The van der Waals surface area contributed by atoms with Crippen molar-refractivity contribution in [2.24, 2.45) is 0 Å². The highest BCUT2D eigenvalue weighted by atomic mass is 19.1. The number of amides is 1. The van der Waals surface area contributed by atoms with Crippen LogP contribution in [0, 0.1) is 22.9 Å². The zero-order chi connectivity index (χ0) is 21.3. The number of carbonyl (C=O) groups excluding carboxylic acids is 1. The molecular formula is C21H15FN4O4. The lowest BCUT2D eigenvalue weighted by atomic mass is 10.2. The second-order valence-corrected chi connectivity index (χ2v) is 6.47. The van der Waals surface area contributed by atoms with Crippen molar-refractivity contribution in [1.29, 1.82) is 0 Å². The van der Waals surface area contributed by atoms with Gasteiger partial charge in [-0.15, -0.1) is 0 Å². The Morgan fingerprint density at radius 1 is 1.13 bits per heavy atom. The van der Waals surface area contributed by atoms with E-state index in [1.54, 1.807) is 25.1 Å². The van der Waals surface area contributed by atoms with E-state index in [9.17, 15) is 19.3 Å². The Labute approximate surface area is 169 Å². The molecular weight excluding hydrogens is 391 g/mol. The summed E-state index contributed by atoms with van der Waals surface area (Å²) in [7, 11) is 0. The minimum atomic E-state index is -0.526. The second kappa shape index (κ2) is 7.63. The summed E-state index contributed by atoms with van der Waals surface area (Å²) in [6.07, 6.45) is 0. The van der Waals surface area contributed by atoms with Crippen molar-refractivity contribution in [3.63, 3.8) is 0 Å². The summed E-state index contributed by atoms with van der Waals surface area (Å²) in [5.41, 5.74) is 1.11. The van der Waals surface area contributed by atoms with Crippen LogP contribution < -0.4 is 5.32 Å². The Hall–Kier alpha value is -4.27. The van der Waals surface area contributed by atoms with Gasteiger partial charge in [0.15, 0.2) is 5.76 Å². The lowest BCUT2D eigenvalue weighted by Crippen LogP contribution is -2.17. The third kappa shape index (κ3) is 3.81. The maximum atomic E-state index is 13.1. The molecule has 0 spiro atoms. The van der Waals surface area contributed by atoms with Crippen LogP contribution in [0.4, 0.5) is 15.8 Å². The van der Waals surface area contributed by atoms with Crippen LogP contribution in [0.5, 0.6) is 0 Å². The molecule has 2 heterocycles. The Morgan fingerprint density at radius 3 is 2.57 bits per heavy atom. The minimum absolute atomic E-state index is 0.129. The molecule has 9 heteroatoms. The molecule has 0 atom stereocenters. The highest BCUT2D eigenvalue weighted by Crippen LogP contribution is 2.26. The van der Waals surface area contributed by atoms with Crippen molar-refractivity contribution >= 4 is 17.3 Å². The SMILES string of the molecule is Cc1ccc(-c2cc(C(=O)Nc3ccc(F)cc3)n(-c3cccc([N+](=O)[O-])c3)n2)o1. The molecule has 0 bridgehead atoms. The average Bonchev–Trinajstić information content (AvgIpc) is 3.36. The maximum absolute atomic E-state index is 13.1. The molecule has 150 valence electrons. The van der Waals surface area contributed by atoms with Crippen molar-refractivity contribution in [3.05, 3.63) is 94.1 Å². The molecule has 4 aromatic rings. The number of rotatable bonds is 5. The molecule has 4 rings (SSSR count). The Bertz CT molecular complexity index is 1240. The van der Waals surface area contributed by atoms with Crippen molar-refractivity contribution < 1.29 is 18.5 Å². The fourth-order valence-corrected chi connectivity index (χ4v) is 2.90. The number of benzene rings is 2. The van der Waals surface area contributed by atoms with Crippen molar-refractivity contribution in [1.82, 2.24) is 9.78 Å². The third-order valence-corrected chi connectivity index (χ3v) is 4.32. The molecule has 1 N–H and O–H groups in total. The van der Waals surface area contributed by atoms with E-state index in [1.165, 1.54) is 53.2 Å². The van der Waals surface area contributed by atoms with Crippen LogP contribution in [-0.4, -0.2) is 20.6 Å². The second-order valence-electron chi connectivity index (χ2n) is 6.47. The number of anilines is 1. The molecule has 0 aliphatic heterocycles. The normalized spacial score (nSPS) is 10.7. The van der Waals surface area contributed by atoms with Crippen molar-refractivity contribution in [2.45, 2.75) is 6.92 Å². The van der Waals surface area contributed by atoms with Crippen LogP contribution >= 0.6 is 0 Å². The van der Waals surface area contributed by atoms with E-state index in [0.29, 0.717) is 28.6 Å². The van der Waals surface area contributed by atoms with Gasteiger partial charge in [-0.2, -0.15) is 5.10 Å². The van der Waals surface area contributed by atoms with Gasteiger partial charge in [0.25, 0.3) is 11.6 Å². The van der Waals surface area contributed by atoms with E-state index in [4.69, 9.17) is 4.42 Å². The zero-order valence-electron chi connectivity index (χ0n) is 15.7. The molecule has 0 fully saturated rings. The topological polar surface area (TPSA) is 103 Å². The smallest absolute Gasteiger partial charge is 0.274 e. The van der Waals surface area contributed by atoms with Crippen LogP contribution in [0.15, 0.2) is 71.1 Å². The van der Waals surface area contributed by atoms with Gasteiger partial charge in [0.05, 0.1) is 10.6 Å². The van der Waals surface area contributed by atoms with E-state index in [1.807, 2.05) is 0 Å². The van der Waals surface area contributed by atoms with Gasteiger partial charge >= 0.3 is 0 Å². The Balaban J connectivity index is 1.78. The summed E-state index contributed by atoms with van der Waals surface area (Å²) < 4.78 is 20.0. The number of nitrogens with zero attached hydrogens (tertiary/aromatic N) is 3. The number of furan rings is 1. The lowest BCUT2D eigenvalue weighted by Gasteiger charge is -2.08. The van der Waals surface area contributed by atoms with Crippen LogP contribution in [0.1, 0.15) is 16.2 Å². The first-order valence-corrected chi connectivity index (χ1v) is 8.89. The highest BCUT2D eigenvalue weighted by Gasteiger charge is 2.20. The number of halogens is 1. The number of nitrogens with one attached hydrogen (secondary N) is 1. The molecule has 1 amide bonds. The van der Waals surface area contributed by atoms with Gasteiger partial charge < -0.3 is 9.73 Å². The number of nitro groups is 1. The number of aryl methyl sites for hydroxylation is 1. The number of carbonyl (C=O) groups is 1. The summed E-state index contributed by atoms with van der Waals surface area (Å²) in [5, 5.41) is 18.2. The van der Waals surface area contributed by atoms with Crippen LogP contribution in [0.2, 0.25) is 0 Å². The summed E-state index contributed by atoms with van der Waals surface area (Å²) in [6.45, 7) is 1.78. The van der Waals surface area contributed by atoms with Gasteiger partial charge in [-0.05, 0) is 49.4 Å². The van der Waals surface area contributed by atoms with E-state index in [2.05, 4.69) is 10.4 Å². The Kier molecular flexibility index (Phi) is 4.85. The monoisotopic (exact) mass is 406 g/mol. The van der Waals surface area contributed by atoms with Crippen LogP contribution in [0.25, 0.3) is 17.1 Å². The maximum Gasteiger partial charge on any atom is 0.274 e. The largest absolute Gasteiger partial charge is 0.460 e. The molecule has 2 aromatic heterocycles. The van der Waals surface area contributed by atoms with Crippen molar-refractivity contribution in [2.75, 3.05) is 5.32 Å². The summed E-state index contributed by atoms with van der Waals surface area (Å²) in [6, 6.07) is 16.1. The van der Waals surface area contributed by atoms with Crippen molar-refractivity contribution in [3.8, 4) is 17.1 Å². The predicted octanol–water partition coefficient (Wildman–Crippen LogP) is 4.74. The van der Waals surface area contributed by atoms with Gasteiger partial charge in [-0.3, -0.25) is 14.9 Å². The fourth-order valence-electron chi connectivity index (χ4n) is 2.90. The molecule has 30 heavy (non-hydrogen) atoms.